The van der Waals surface area contributed by atoms with E-state index >= 15 is 0 Å². The molecule has 0 bridgehead atoms. The van der Waals surface area contributed by atoms with Crippen molar-refractivity contribution in [2.24, 2.45) is 11.8 Å². The number of amides is 2. The Labute approximate surface area is 136 Å². The number of methoxy groups -OCH3 is 2. The van der Waals surface area contributed by atoms with Crippen LogP contribution in [-0.2, 0) is 23.9 Å². The van der Waals surface area contributed by atoms with Gasteiger partial charge in [0.2, 0.25) is 11.8 Å². The van der Waals surface area contributed by atoms with E-state index in [1.165, 1.54) is 7.11 Å². The van der Waals surface area contributed by atoms with Crippen molar-refractivity contribution in [3.63, 3.8) is 0 Å². The van der Waals surface area contributed by atoms with Crippen molar-refractivity contribution in [3.8, 4) is 0 Å². The van der Waals surface area contributed by atoms with E-state index in [4.69, 9.17) is 9.47 Å². The third-order valence-corrected chi connectivity index (χ3v) is 4.79. The second-order valence-corrected chi connectivity index (χ2v) is 6.37. The lowest BCUT2D eigenvalue weighted by molar-refractivity contribution is -0.149. The molecule has 0 spiro atoms. The summed E-state index contributed by atoms with van der Waals surface area (Å²) in [6.07, 6.45) is 1.52. The van der Waals surface area contributed by atoms with E-state index in [1.54, 1.807) is 16.9 Å². The molecule has 2 rings (SSSR count). The lowest BCUT2D eigenvalue weighted by Crippen LogP contribution is -2.44. The Morgan fingerprint density at radius 2 is 1.87 bits per heavy atom. The van der Waals surface area contributed by atoms with Crippen molar-refractivity contribution < 1.29 is 23.9 Å². The molecule has 2 atom stereocenters. The molecule has 2 aliphatic rings. The fourth-order valence-electron chi connectivity index (χ4n) is 3.41. The molecule has 2 fully saturated rings. The van der Waals surface area contributed by atoms with Crippen LogP contribution in [0.4, 0.5) is 0 Å². The Morgan fingerprint density at radius 3 is 2.43 bits per heavy atom. The summed E-state index contributed by atoms with van der Waals surface area (Å²) in [5.74, 6) is -0.567. The van der Waals surface area contributed by atoms with Crippen LogP contribution in [0, 0.1) is 11.8 Å². The van der Waals surface area contributed by atoms with Crippen LogP contribution >= 0.6 is 0 Å². The van der Waals surface area contributed by atoms with Crippen LogP contribution < -0.4 is 0 Å². The minimum atomic E-state index is -0.281. The number of rotatable bonds is 5. The maximum atomic E-state index is 12.6. The molecule has 0 unspecified atom stereocenters. The molecule has 0 saturated carbocycles. The second kappa shape index (κ2) is 7.77. The molecule has 130 valence electrons. The largest absolute Gasteiger partial charge is 0.469 e. The third kappa shape index (κ3) is 4.02. The minimum Gasteiger partial charge on any atom is -0.469 e. The zero-order valence-corrected chi connectivity index (χ0v) is 14.1. The fraction of sp³-hybridized carbons (Fsp3) is 0.812. The van der Waals surface area contributed by atoms with Crippen molar-refractivity contribution in [2.45, 2.75) is 32.2 Å². The number of carbonyl (C=O) groups excluding carboxylic acids is 3. The number of ether oxygens (including phenoxy) is 2. The number of likely N-dealkylation sites (tertiary alicyclic amines) is 2. The summed E-state index contributed by atoms with van der Waals surface area (Å²) < 4.78 is 9.85. The van der Waals surface area contributed by atoms with Crippen LogP contribution in [-0.4, -0.2) is 74.1 Å². The first-order chi connectivity index (χ1) is 11.0. The molecule has 2 saturated heterocycles. The summed E-state index contributed by atoms with van der Waals surface area (Å²) in [5, 5.41) is 0. The molecule has 0 aromatic rings. The van der Waals surface area contributed by atoms with Gasteiger partial charge < -0.3 is 19.3 Å². The molecular formula is C16H26N2O5. The molecular weight excluding hydrogens is 300 g/mol. The van der Waals surface area contributed by atoms with Crippen molar-refractivity contribution >= 4 is 17.8 Å². The van der Waals surface area contributed by atoms with E-state index in [2.05, 4.69) is 0 Å². The summed E-state index contributed by atoms with van der Waals surface area (Å²) in [6.45, 7) is 3.96. The molecule has 7 heteroatoms. The number of hydrogen-bond acceptors (Lipinski definition) is 5. The summed E-state index contributed by atoms with van der Waals surface area (Å²) in [7, 11) is 2.99. The van der Waals surface area contributed by atoms with Gasteiger partial charge in [-0.15, -0.1) is 0 Å². The van der Waals surface area contributed by atoms with Crippen LogP contribution in [0.1, 0.15) is 26.2 Å². The Kier molecular flexibility index (Phi) is 5.98. The van der Waals surface area contributed by atoms with E-state index in [-0.39, 0.29) is 42.1 Å². The predicted molar refractivity (Wildman–Crippen MR) is 82.5 cm³/mol. The monoisotopic (exact) mass is 326 g/mol. The van der Waals surface area contributed by atoms with Gasteiger partial charge in [-0.2, -0.15) is 0 Å². The highest BCUT2D eigenvalue weighted by Crippen LogP contribution is 2.25. The molecule has 0 N–H and O–H groups in total. The van der Waals surface area contributed by atoms with Gasteiger partial charge in [-0.3, -0.25) is 14.4 Å². The first-order valence-electron chi connectivity index (χ1n) is 8.13. The molecule has 0 radical (unpaired) electrons. The van der Waals surface area contributed by atoms with E-state index in [9.17, 15) is 14.4 Å². The first kappa shape index (κ1) is 17.7. The highest BCUT2D eigenvalue weighted by Gasteiger charge is 2.39. The van der Waals surface area contributed by atoms with E-state index in [0.29, 0.717) is 39.1 Å². The van der Waals surface area contributed by atoms with Gasteiger partial charge in [0.15, 0.2) is 0 Å². The molecule has 2 amide bonds. The number of carbonyl (C=O) groups is 3. The van der Waals surface area contributed by atoms with Crippen molar-refractivity contribution in [2.75, 3.05) is 40.5 Å². The zero-order chi connectivity index (χ0) is 17.0. The van der Waals surface area contributed by atoms with Crippen LogP contribution in [0.15, 0.2) is 0 Å². The second-order valence-electron chi connectivity index (χ2n) is 6.37. The summed E-state index contributed by atoms with van der Waals surface area (Å²) in [6, 6.07) is -0.0182. The lowest BCUT2D eigenvalue weighted by Gasteiger charge is -2.32. The van der Waals surface area contributed by atoms with Crippen molar-refractivity contribution in [1.29, 1.82) is 0 Å². The summed E-state index contributed by atoms with van der Waals surface area (Å²) in [4.78, 5) is 39.8. The smallest absolute Gasteiger partial charge is 0.308 e. The molecule has 7 nitrogen and oxygen atoms in total. The number of piperidine rings is 1. The SMILES string of the molecule is COC[C@@H](C)N1C[C@H](C(=O)N2CCC(C(=O)OC)CC2)CC1=O. The average molecular weight is 326 g/mol. The standard InChI is InChI=1S/C16H26N2O5/c1-11(10-22-2)18-9-13(8-14(18)19)15(20)17-6-4-12(5-7-17)16(21)23-3/h11-13H,4-10H2,1-3H3/t11-,13-/m1/s1. The number of nitrogens with zero attached hydrogens (tertiary/aromatic N) is 2. The normalized spacial score (nSPS) is 24.0. The van der Waals surface area contributed by atoms with Crippen LogP contribution in [0.2, 0.25) is 0 Å². The molecule has 2 aliphatic heterocycles. The Morgan fingerprint density at radius 1 is 1.22 bits per heavy atom. The number of esters is 1. The Bertz CT molecular complexity index is 459. The van der Waals surface area contributed by atoms with E-state index in [0.717, 1.165) is 0 Å². The van der Waals surface area contributed by atoms with Crippen LogP contribution in [0.3, 0.4) is 0 Å². The molecule has 0 aromatic heterocycles. The minimum absolute atomic E-state index is 0.0114. The maximum Gasteiger partial charge on any atom is 0.308 e. The average Bonchev–Trinajstić information content (AvgIpc) is 2.95. The van der Waals surface area contributed by atoms with Gasteiger partial charge in [-0.25, -0.2) is 0 Å². The summed E-state index contributed by atoms with van der Waals surface area (Å²) in [5.41, 5.74) is 0. The molecule has 2 heterocycles. The molecule has 0 aromatic carbocycles. The van der Waals surface area contributed by atoms with Gasteiger partial charge >= 0.3 is 5.97 Å². The Balaban J connectivity index is 1.87. The van der Waals surface area contributed by atoms with Gasteiger partial charge in [0.05, 0.1) is 31.6 Å². The van der Waals surface area contributed by atoms with E-state index in [1.807, 2.05) is 6.92 Å². The van der Waals surface area contributed by atoms with Gasteiger partial charge in [-0.1, -0.05) is 0 Å². The maximum absolute atomic E-state index is 12.6. The van der Waals surface area contributed by atoms with Crippen LogP contribution in [0.5, 0.6) is 0 Å². The van der Waals surface area contributed by atoms with Gasteiger partial charge in [0, 0.05) is 33.2 Å². The third-order valence-electron chi connectivity index (χ3n) is 4.79. The number of hydrogen-bond donors (Lipinski definition) is 0. The van der Waals surface area contributed by atoms with E-state index < -0.39 is 0 Å². The lowest BCUT2D eigenvalue weighted by atomic mass is 9.95. The molecule has 23 heavy (non-hydrogen) atoms. The van der Waals surface area contributed by atoms with Crippen molar-refractivity contribution in [3.05, 3.63) is 0 Å². The fourth-order valence-corrected chi connectivity index (χ4v) is 3.41. The highest BCUT2D eigenvalue weighted by atomic mass is 16.5. The van der Waals surface area contributed by atoms with Gasteiger partial charge in [0.25, 0.3) is 0 Å². The van der Waals surface area contributed by atoms with Crippen LogP contribution in [0.25, 0.3) is 0 Å². The highest BCUT2D eigenvalue weighted by molar-refractivity contribution is 5.89. The quantitative estimate of drug-likeness (QED) is 0.678. The molecule has 0 aliphatic carbocycles. The van der Waals surface area contributed by atoms with Gasteiger partial charge in [-0.05, 0) is 19.8 Å². The van der Waals surface area contributed by atoms with Crippen molar-refractivity contribution in [1.82, 2.24) is 9.80 Å². The summed E-state index contributed by atoms with van der Waals surface area (Å²) >= 11 is 0. The predicted octanol–water partition coefficient (Wildman–Crippen LogP) is 0.281. The topological polar surface area (TPSA) is 76.2 Å². The first-order valence-corrected chi connectivity index (χ1v) is 8.13. The Hall–Kier alpha value is -1.63. The van der Waals surface area contributed by atoms with Gasteiger partial charge in [0.1, 0.15) is 0 Å². The zero-order valence-electron chi connectivity index (χ0n) is 14.1.